The highest BCUT2D eigenvalue weighted by Crippen LogP contribution is 2.39. The van der Waals surface area contributed by atoms with Gasteiger partial charge in [-0.3, -0.25) is 0 Å². The maximum absolute atomic E-state index is 14.0. The fourth-order valence-electron chi connectivity index (χ4n) is 3.06. The first-order valence-corrected chi connectivity index (χ1v) is 6.71. The van der Waals surface area contributed by atoms with Crippen molar-refractivity contribution in [3.05, 3.63) is 29.6 Å². The lowest BCUT2D eigenvalue weighted by Gasteiger charge is -2.32. The van der Waals surface area contributed by atoms with Crippen LogP contribution < -0.4 is 10.5 Å². The predicted molar refractivity (Wildman–Crippen MR) is 71.0 cm³/mol. The molecule has 1 fully saturated rings. The Bertz CT molecular complexity index is 407. The molecule has 1 saturated carbocycles. The zero-order valence-corrected chi connectivity index (χ0v) is 11.2. The Hall–Kier alpha value is -1.09. The van der Waals surface area contributed by atoms with Crippen molar-refractivity contribution < 1.29 is 9.13 Å². The number of nitrogens with two attached hydrogens (primary N) is 1. The lowest BCUT2D eigenvalue weighted by atomic mass is 9.77. The summed E-state index contributed by atoms with van der Waals surface area (Å²) in [5, 5.41) is 0. The van der Waals surface area contributed by atoms with Gasteiger partial charge in [-0.15, -0.1) is 0 Å². The van der Waals surface area contributed by atoms with Crippen molar-refractivity contribution in [3.8, 4) is 5.75 Å². The second-order valence-corrected chi connectivity index (χ2v) is 5.41. The van der Waals surface area contributed by atoms with Crippen molar-refractivity contribution in [2.24, 2.45) is 17.6 Å². The first-order valence-electron chi connectivity index (χ1n) is 6.71. The highest BCUT2D eigenvalue weighted by molar-refractivity contribution is 5.37. The van der Waals surface area contributed by atoms with Crippen molar-refractivity contribution in [2.45, 2.75) is 38.6 Å². The standard InChI is InChI=1S/C15H22FNO/c1-10-5-3-6-11(9-10)15(17)14-12(16)7-4-8-13(14)18-2/h4,7-8,10-11,15H,3,5-6,9,17H2,1-2H3. The molecule has 2 nitrogen and oxygen atoms in total. The molecule has 2 rings (SSSR count). The molecular formula is C15H22FNO. The van der Waals surface area contributed by atoms with Crippen LogP contribution in [0, 0.1) is 17.7 Å². The molecule has 100 valence electrons. The summed E-state index contributed by atoms with van der Waals surface area (Å²) in [6.07, 6.45) is 4.62. The van der Waals surface area contributed by atoms with E-state index in [1.807, 2.05) is 0 Å². The zero-order chi connectivity index (χ0) is 13.1. The summed E-state index contributed by atoms with van der Waals surface area (Å²) in [6, 6.07) is 4.64. The molecule has 0 spiro atoms. The van der Waals surface area contributed by atoms with Crippen LogP contribution in [0.1, 0.15) is 44.2 Å². The molecule has 1 aromatic carbocycles. The van der Waals surface area contributed by atoms with Crippen molar-refractivity contribution in [1.82, 2.24) is 0 Å². The third-order valence-corrected chi connectivity index (χ3v) is 4.05. The average molecular weight is 251 g/mol. The van der Waals surface area contributed by atoms with Gasteiger partial charge in [0, 0.05) is 11.6 Å². The monoisotopic (exact) mass is 251 g/mol. The zero-order valence-electron chi connectivity index (χ0n) is 11.2. The number of methoxy groups -OCH3 is 1. The Balaban J connectivity index is 2.24. The van der Waals surface area contributed by atoms with Crippen molar-refractivity contribution in [2.75, 3.05) is 7.11 Å². The van der Waals surface area contributed by atoms with Gasteiger partial charge >= 0.3 is 0 Å². The Morgan fingerprint density at radius 2 is 2.17 bits per heavy atom. The van der Waals surface area contributed by atoms with Gasteiger partial charge in [0.15, 0.2) is 0 Å². The normalized spacial score (nSPS) is 25.8. The number of hydrogen-bond donors (Lipinski definition) is 1. The molecule has 0 amide bonds. The smallest absolute Gasteiger partial charge is 0.131 e. The highest BCUT2D eigenvalue weighted by atomic mass is 19.1. The Kier molecular flexibility index (Phi) is 4.23. The minimum atomic E-state index is -0.260. The third-order valence-electron chi connectivity index (χ3n) is 4.05. The quantitative estimate of drug-likeness (QED) is 0.889. The van der Waals surface area contributed by atoms with E-state index in [0.29, 0.717) is 23.1 Å². The van der Waals surface area contributed by atoms with E-state index < -0.39 is 0 Å². The number of halogens is 1. The molecule has 0 heterocycles. The minimum absolute atomic E-state index is 0.250. The van der Waals surface area contributed by atoms with E-state index in [1.165, 1.54) is 18.9 Å². The molecule has 3 atom stereocenters. The van der Waals surface area contributed by atoms with Crippen molar-refractivity contribution in [3.63, 3.8) is 0 Å². The van der Waals surface area contributed by atoms with Crippen molar-refractivity contribution >= 4 is 0 Å². The Morgan fingerprint density at radius 3 is 2.83 bits per heavy atom. The second-order valence-electron chi connectivity index (χ2n) is 5.41. The highest BCUT2D eigenvalue weighted by Gasteiger charge is 2.28. The van der Waals surface area contributed by atoms with E-state index in [-0.39, 0.29) is 11.9 Å². The summed E-state index contributed by atoms with van der Waals surface area (Å²) in [6.45, 7) is 2.25. The fourth-order valence-corrected chi connectivity index (χ4v) is 3.06. The van der Waals surface area contributed by atoms with Crippen LogP contribution >= 0.6 is 0 Å². The molecule has 0 aromatic heterocycles. The van der Waals surface area contributed by atoms with Gasteiger partial charge in [-0.25, -0.2) is 4.39 Å². The summed E-state index contributed by atoms with van der Waals surface area (Å²) in [4.78, 5) is 0. The molecule has 18 heavy (non-hydrogen) atoms. The van der Waals surface area contributed by atoms with Crippen LogP contribution in [-0.2, 0) is 0 Å². The largest absolute Gasteiger partial charge is 0.496 e. The molecule has 1 aliphatic carbocycles. The number of rotatable bonds is 3. The van der Waals surface area contributed by atoms with Crippen LogP contribution in [0.3, 0.4) is 0 Å². The van der Waals surface area contributed by atoms with E-state index >= 15 is 0 Å². The molecule has 1 aromatic rings. The average Bonchev–Trinajstić information content (AvgIpc) is 2.37. The van der Waals surface area contributed by atoms with Gasteiger partial charge in [-0.1, -0.05) is 25.8 Å². The molecule has 3 heteroatoms. The van der Waals surface area contributed by atoms with Crippen LogP contribution in [0.5, 0.6) is 5.75 Å². The van der Waals surface area contributed by atoms with Gasteiger partial charge in [-0.05, 0) is 36.8 Å². The third kappa shape index (κ3) is 2.66. The van der Waals surface area contributed by atoms with Gasteiger partial charge < -0.3 is 10.5 Å². The van der Waals surface area contributed by atoms with Gasteiger partial charge in [-0.2, -0.15) is 0 Å². The van der Waals surface area contributed by atoms with Crippen LogP contribution in [-0.4, -0.2) is 7.11 Å². The molecule has 2 N–H and O–H groups in total. The van der Waals surface area contributed by atoms with E-state index in [0.717, 1.165) is 12.8 Å². The predicted octanol–water partition coefficient (Wildman–Crippen LogP) is 3.66. The van der Waals surface area contributed by atoms with E-state index in [2.05, 4.69) is 6.92 Å². The maximum Gasteiger partial charge on any atom is 0.131 e. The molecule has 0 aliphatic heterocycles. The van der Waals surface area contributed by atoms with Crippen LogP contribution in [0.25, 0.3) is 0 Å². The molecular weight excluding hydrogens is 229 g/mol. The fraction of sp³-hybridized carbons (Fsp3) is 0.600. The summed E-state index contributed by atoms with van der Waals surface area (Å²) in [5.41, 5.74) is 6.83. The van der Waals surface area contributed by atoms with Crippen molar-refractivity contribution in [1.29, 1.82) is 0 Å². The van der Waals surface area contributed by atoms with E-state index in [4.69, 9.17) is 10.5 Å². The van der Waals surface area contributed by atoms with Gasteiger partial charge in [0.25, 0.3) is 0 Å². The Labute approximate surface area is 108 Å². The van der Waals surface area contributed by atoms with E-state index in [9.17, 15) is 4.39 Å². The Morgan fingerprint density at radius 1 is 1.39 bits per heavy atom. The van der Waals surface area contributed by atoms with Crippen LogP contribution in [0.15, 0.2) is 18.2 Å². The molecule has 0 bridgehead atoms. The van der Waals surface area contributed by atoms with Crippen LogP contribution in [0.2, 0.25) is 0 Å². The molecule has 0 radical (unpaired) electrons. The first kappa shape index (κ1) is 13.3. The van der Waals surface area contributed by atoms with Gasteiger partial charge in [0.1, 0.15) is 11.6 Å². The summed E-state index contributed by atoms with van der Waals surface area (Å²) in [5.74, 6) is 1.37. The van der Waals surface area contributed by atoms with E-state index in [1.54, 1.807) is 19.2 Å². The molecule has 3 unspecified atom stereocenters. The summed E-state index contributed by atoms with van der Waals surface area (Å²) < 4.78 is 19.2. The lowest BCUT2D eigenvalue weighted by Crippen LogP contribution is -2.27. The van der Waals surface area contributed by atoms with Gasteiger partial charge in [0.2, 0.25) is 0 Å². The van der Waals surface area contributed by atoms with Gasteiger partial charge in [0.05, 0.1) is 7.11 Å². The summed E-state index contributed by atoms with van der Waals surface area (Å²) in [7, 11) is 1.56. The van der Waals surface area contributed by atoms with Crippen LogP contribution in [0.4, 0.5) is 4.39 Å². The number of hydrogen-bond acceptors (Lipinski definition) is 2. The molecule has 1 aliphatic rings. The first-order chi connectivity index (χ1) is 8.63. The number of ether oxygens (including phenoxy) is 1. The SMILES string of the molecule is COc1cccc(F)c1C(N)C1CCCC(C)C1. The topological polar surface area (TPSA) is 35.2 Å². The number of benzene rings is 1. The maximum atomic E-state index is 14.0. The molecule has 0 saturated heterocycles. The second kappa shape index (κ2) is 5.70. The minimum Gasteiger partial charge on any atom is -0.496 e. The lowest BCUT2D eigenvalue weighted by molar-refractivity contribution is 0.242. The summed E-state index contributed by atoms with van der Waals surface area (Å²) >= 11 is 0.